The second-order valence-corrected chi connectivity index (χ2v) is 7.30. The molecule has 2 aromatic carbocycles. The van der Waals surface area contributed by atoms with E-state index >= 15 is 0 Å². The Labute approximate surface area is 177 Å². The standard InChI is InChI=1S/C21H21FN6O3/c1-13-24-25-26-28(13)11-15-3-5-16(6-4-15)19-8-7-17(9-20(19)22)27-12-18(31-21(27)30)10-23-14(2)29/h3-9,18H,10-12H2,1-2H3,(H,23,29). The summed E-state index contributed by atoms with van der Waals surface area (Å²) in [6.07, 6.45) is -1.04. The number of aryl methyl sites for hydroxylation is 1. The predicted molar refractivity (Wildman–Crippen MR) is 110 cm³/mol. The van der Waals surface area contributed by atoms with E-state index in [0.717, 1.165) is 5.56 Å². The van der Waals surface area contributed by atoms with E-state index in [1.54, 1.807) is 16.8 Å². The van der Waals surface area contributed by atoms with Crippen molar-refractivity contribution in [3.8, 4) is 11.1 Å². The van der Waals surface area contributed by atoms with Gasteiger partial charge in [-0.15, -0.1) is 5.10 Å². The highest BCUT2D eigenvalue weighted by molar-refractivity contribution is 5.90. The first-order valence-electron chi connectivity index (χ1n) is 9.75. The first-order chi connectivity index (χ1) is 14.9. The van der Waals surface area contributed by atoms with Gasteiger partial charge in [-0.1, -0.05) is 24.3 Å². The molecule has 1 aromatic heterocycles. The normalized spacial score (nSPS) is 15.8. The molecule has 1 fully saturated rings. The molecule has 1 atom stereocenters. The third kappa shape index (κ3) is 4.52. The minimum atomic E-state index is -0.565. The quantitative estimate of drug-likeness (QED) is 0.652. The lowest BCUT2D eigenvalue weighted by Gasteiger charge is -2.15. The van der Waals surface area contributed by atoms with Gasteiger partial charge < -0.3 is 10.1 Å². The number of nitrogens with one attached hydrogen (secondary N) is 1. The number of cyclic esters (lactones) is 1. The van der Waals surface area contributed by atoms with Gasteiger partial charge in [0.15, 0.2) is 0 Å². The van der Waals surface area contributed by atoms with Crippen molar-refractivity contribution in [2.45, 2.75) is 26.5 Å². The number of carbonyl (C=O) groups is 2. The molecule has 10 heteroatoms. The molecule has 9 nitrogen and oxygen atoms in total. The molecule has 0 bridgehead atoms. The Balaban J connectivity index is 1.47. The van der Waals surface area contributed by atoms with Gasteiger partial charge in [-0.25, -0.2) is 13.9 Å². The van der Waals surface area contributed by atoms with Gasteiger partial charge in [-0.2, -0.15) is 0 Å². The van der Waals surface area contributed by atoms with Crippen LogP contribution < -0.4 is 10.2 Å². The van der Waals surface area contributed by atoms with Crippen LogP contribution in [-0.4, -0.2) is 51.4 Å². The molecule has 2 heterocycles. The van der Waals surface area contributed by atoms with Crippen molar-refractivity contribution in [2.24, 2.45) is 0 Å². The van der Waals surface area contributed by atoms with Crippen LogP contribution in [0.1, 0.15) is 18.3 Å². The van der Waals surface area contributed by atoms with Gasteiger partial charge in [0.1, 0.15) is 17.7 Å². The van der Waals surface area contributed by atoms with Crippen LogP contribution in [0.2, 0.25) is 0 Å². The van der Waals surface area contributed by atoms with Crippen LogP contribution in [0.15, 0.2) is 42.5 Å². The summed E-state index contributed by atoms with van der Waals surface area (Å²) in [5.74, 6) is 0.0640. The molecule has 1 unspecified atom stereocenters. The van der Waals surface area contributed by atoms with E-state index in [0.29, 0.717) is 29.2 Å². The Kier molecular flexibility index (Phi) is 5.61. The second-order valence-electron chi connectivity index (χ2n) is 7.30. The highest BCUT2D eigenvalue weighted by Crippen LogP contribution is 2.29. The van der Waals surface area contributed by atoms with E-state index in [1.165, 1.54) is 17.9 Å². The van der Waals surface area contributed by atoms with E-state index in [4.69, 9.17) is 4.74 Å². The van der Waals surface area contributed by atoms with E-state index in [2.05, 4.69) is 20.8 Å². The molecule has 0 radical (unpaired) electrons. The summed E-state index contributed by atoms with van der Waals surface area (Å²) in [4.78, 5) is 24.5. The molecule has 0 saturated carbocycles. The maximum atomic E-state index is 14.9. The smallest absolute Gasteiger partial charge is 0.414 e. The minimum absolute atomic E-state index is 0.205. The SMILES string of the molecule is CC(=O)NCC1CN(c2ccc(-c3ccc(Cn4nnnc4C)cc3)c(F)c2)C(=O)O1. The molecule has 31 heavy (non-hydrogen) atoms. The van der Waals surface area contributed by atoms with Gasteiger partial charge >= 0.3 is 6.09 Å². The zero-order chi connectivity index (χ0) is 22.0. The first-order valence-corrected chi connectivity index (χ1v) is 9.75. The molecular formula is C21H21FN6O3. The zero-order valence-electron chi connectivity index (χ0n) is 17.1. The maximum absolute atomic E-state index is 14.9. The van der Waals surface area contributed by atoms with E-state index in [1.807, 2.05) is 31.2 Å². The first kappa shape index (κ1) is 20.5. The molecule has 1 aliphatic rings. The predicted octanol–water partition coefficient (Wildman–Crippen LogP) is 2.30. The number of ether oxygens (including phenoxy) is 1. The van der Waals surface area contributed by atoms with E-state index in [9.17, 15) is 14.0 Å². The van der Waals surface area contributed by atoms with Crippen molar-refractivity contribution in [1.29, 1.82) is 0 Å². The Hall–Kier alpha value is -3.82. The maximum Gasteiger partial charge on any atom is 0.414 e. The average Bonchev–Trinajstić information content (AvgIpc) is 3.32. The number of halogens is 1. The zero-order valence-corrected chi connectivity index (χ0v) is 17.1. The number of carbonyl (C=O) groups excluding carboxylic acids is 2. The summed E-state index contributed by atoms with van der Waals surface area (Å²) in [5.41, 5.74) is 2.54. The number of hydrogen-bond donors (Lipinski definition) is 1. The van der Waals surface area contributed by atoms with Crippen LogP contribution >= 0.6 is 0 Å². The number of amides is 2. The van der Waals surface area contributed by atoms with Crippen LogP contribution in [0, 0.1) is 12.7 Å². The lowest BCUT2D eigenvalue weighted by Crippen LogP contribution is -2.33. The highest BCUT2D eigenvalue weighted by atomic mass is 19.1. The molecule has 0 aliphatic carbocycles. The molecule has 0 spiro atoms. The van der Waals surface area contributed by atoms with Gasteiger partial charge in [0.2, 0.25) is 5.91 Å². The minimum Gasteiger partial charge on any atom is -0.442 e. The van der Waals surface area contributed by atoms with E-state index in [-0.39, 0.29) is 19.0 Å². The summed E-state index contributed by atoms with van der Waals surface area (Å²) >= 11 is 0. The molecule has 160 valence electrons. The number of hydrogen-bond acceptors (Lipinski definition) is 6. The second kappa shape index (κ2) is 8.50. The van der Waals surface area contributed by atoms with Crippen molar-refractivity contribution in [3.63, 3.8) is 0 Å². The molecule has 1 N–H and O–H groups in total. The third-order valence-corrected chi connectivity index (χ3v) is 5.03. The molecule has 1 aliphatic heterocycles. The van der Waals surface area contributed by atoms with Crippen LogP contribution in [0.5, 0.6) is 0 Å². The Morgan fingerprint density at radius 1 is 1.26 bits per heavy atom. The number of nitrogens with zero attached hydrogens (tertiary/aromatic N) is 5. The van der Waals surface area contributed by atoms with E-state index < -0.39 is 18.0 Å². The largest absolute Gasteiger partial charge is 0.442 e. The van der Waals surface area contributed by atoms with Crippen molar-refractivity contribution in [2.75, 3.05) is 18.0 Å². The number of aromatic nitrogens is 4. The summed E-state index contributed by atoms with van der Waals surface area (Å²) < 4.78 is 21.8. The number of anilines is 1. The molecule has 1 saturated heterocycles. The number of rotatable bonds is 6. The molecule has 2 amide bonds. The fourth-order valence-electron chi connectivity index (χ4n) is 3.36. The van der Waals surface area contributed by atoms with Crippen molar-refractivity contribution in [3.05, 3.63) is 59.7 Å². The summed E-state index contributed by atoms with van der Waals surface area (Å²) in [5, 5.41) is 14.0. The fourth-order valence-corrected chi connectivity index (χ4v) is 3.36. The fraction of sp³-hybridized carbons (Fsp3) is 0.286. The van der Waals surface area contributed by atoms with Crippen LogP contribution in [0.25, 0.3) is 11.1 Å². The lowest BCUT2D eigenvalue weighted by atomic mass is 10.0. The van der Waals surface area contributed by atoms with Gasteiger partial charge in [0, 0.05) is 12.5 Å². The number of tetrazole rings is 1. The van der Waals surface area contributed by atoms with Crippen molar-refractivity contribution < 1.29 is 18.7 Å². The van der Waals surface area contributed by atoms with Crippen LogP contribution in [-0.2, 0) is 16.1 Å². The Bertz CT molecular complexity index is 1110. The summed E-state index contributed by atoms with van der Waals surface area (Å²) in [7, 11) is 0. The summed E-state index contributed by atoms with van der Waals surface area (Å²) in [6, 6.07) is 12.1. The van der Waals surface area contributed by atoms with Crippen LogP contribution in [0.4, 0.5) is 14.9 Å². The van der Waals surface area contributed by atoms with Crippen molar-refractivity contribution >= 4 is 17.7 Å². The topological polar surface area (TPSA) is 102 Å². The highest BCUT2D eigenvalue weighted by Gasteiger charge is 2.32. The van der Waals surface area contributed by atoms with Crippen LogP contribution in [0.3, 0.4) is 0 Å². The molecule has 4 rings (SSSR count). The van der Waals surface area contributed by atoms with Gasteiger partial charge in [0.05, 0.1) is 25.3 Å². The van der Waals surface area contributed by atoms with Gasteiger partial charge in [-0.05, 0) is 46.7 Å². The monoisotopic (exact) mass is 424 g/mol. The van der Waals surface area contributed by atoms with Gasteiger partial charge in [-0.3, -0.25) is 9.69 Å². The molecular weight excluding hydrogens is 403 g/mol. The summed E-state index contributed by atoms with van der Waals surface area (Å²) in [6.45, 7) is 4.20. The number of benzene rings is 2. The average molecular weight is 424 g/mol. The Morgan fingerprint density at radius 3 is 2.68 bits per heavy atom. The molecule has 3 aromatic rings. The van der Waals surface area contributed by atoms with Crippen molar-refractivity contribution in [1.82, 2.24) is 25.5 Å². The Morgan fingerprint density at radius 2 is 2.03 bits per heavy atom. The lowest BCUT2D eigenvalue weighted by molar-refractivity contribution is -0.119. The third-order valence-electron chi connectivity index (χ3n) is 5.03. The van der Waals surface area contributed by atoms with Gasteiger partial charge in [0.25, 0.3) is 0 Å².